The molecule has 2 N–H and O–H groups in total. The van der Waals surface area contributed by atoms with Crippen molar-refractivity contribution >= 4 is 46.4 Å². The van der Waals surface area contributed by atoms with Gasteiger partial charge in [-0.2, -0.15) is 0 Å². The second kappa shape index (κ2) is 9.41. The van der Waals surface area contributed by atoms with Crippen LogP contribution in [0.15, 0.2) is 77.5 Å². The number of nitrogens with one attached hydrogen (secondary N) is 2. The number of rotatable bonds is 6. The maximum absolute atomic E-state index is 13.1. The molecule has 0 unspecified atom stereocenters. The summed E-state index contributed by atoms with van der Waals surface area (Å²) in [6, 6.07) is 18.8. The summed E-state index contributed by atoms with van der Waals surface area (Å²) in [5.74, 6) is -0.823. The maximum Gasteiger partial charge on any atom is 0.283 e. The summed E-state index contributed by atoms with van der Waals surface area (Å²) in [5.41, 5.74) is 3.81. The third kappa shape index (κ3) is 4.51. The number of imide groups is 1. The van der Waals surface area contributed by atoms with Crippen molar-refractivity contribution in [2.45, 2.75) is 13.8 Å². The number of hydrogen-bond donors (Lipinski definition) is 2. The Hall–Kier alpha value is -4.10. The number of ether oxygens (including phenoxy) is 1. The van der Waals surface area contributed by atoms with Crippen molar-refractivity contribution in [3.8, 4) is 5.75 Å². The topological polar surface area (TPSA) is 87.7 Å². The molecule has 0 bridgehead atoms. The van der Waals surface area contributed by atoms with E-state index in [0.717, 1.165) is 16.0 Å². The van der Waals surface area contributed by atoms with Gasteiger partial charge in [0.25, 0.3) is 17.7 Å². The number of halogens is 1. The lowest BCUT2D eigenvalue weighted by Gasteiger charge is -2.16. The molecule has 0 fully saturated rings. The van der Waals surface area contributed by atoms with Crippen LogP contribution in [-0.2, 0) is 9.59 Å². The SMILES string of the molecule is COc1ccc(NC(=O)c2cccc(NC3=C(Cl)C(=O)N(c4ccc(C)c(C)c4)C3=O)c2)cc1. The number of hydrogen-bond acceptors (Lipinski definition) is 5. The fraction of sp³-hybridized carbons (Fsp3) is 0.115. The smallest absolute Gasteiger partial charge is 0.283 e. The first kappa shape index (κ1) is 23.1. The van der Waals surface area contributed by atoms with E-state index in [0.29, 0.717) is 28.4 Å². The Morgan fingerprint density at radius 3 is 2.29 bits per heavy atom. The lowest BCUT2D eigenvalue weighted by atomic mass is 10.1. The predicted octanol–water partition coefficient (Wildman–Crippen LogP) is 5.00. The summed E-state index contributed by atoms with van der Waals surface area (Å²) in [5, 5.41) is 5.50. The van der Waals surface area contributed by atoms with Gasteiger partial charge >= 0.3 is 0 Å². The molecule has 3 aromatic carbocycles. The van der Waals surface area contributed by atoms with Gasteiger partial charge in [0.2, 0.25) is 0 Å². The van der Waals surface area contributed by atoms with Crippen LogP contribution < -0.4 is 20.3 Å². The quantitative estimate of drug-likeness (QED) is 0.490. The lowest BCUT2D eigenvalue weighted by Crippen LogP contribution is -2.32. The van der Waals surface area contributed by atoms with E-state index < -0.39 is 11.8 Å². The zero-order chi connectivity index (χ0) is 24.4. The largest absolute Gasteiger partial charge is 0.497 e. The highest BCUT2D eigenvalue weighted by atomic mass is 35.5. The van der Waals surface area contributed by atoms with Crippen LogP contribution in [0.3, 0.4) is 0 Å². The van der Waals surface area contributed by atoms with Gasteiger partial charge < -0.3 is 15.4 Å². The molecule has 1 aliphatic rings. The summed E-state index contributed by atoms with van der Waals surface area (Å²) in [6.07, 6.45) is 0. The standard InChI is InChI=1S/C26H22ClN3O4/c1-15-7-10-20(13-16(15)2)30-25(32)22(27)23(26(30)33)28-19-6-4-5-17(14-19)24(31)29-18-8-11-21(34-3)12-9-18/h4-14,28H,1-3H3,(H,29,31). The van der Waals surface area contributed by atoms with E-state index in [2.05, 4.69) is 10.6 Å². The van der Waals surface area contributed by atoms with E-state index >= 15 is 0 Å². The second-order valence-electron chi connectivity index (χ2n) is 7.79. The van der Waals surface area contributed by atoms with Crippen LogP contribution in [0, 0.1) is 13.8 Å². The summed E-state index contributed by atoms with van der Waals surface area (Å²) in [6.45, 7) is 3.85. The minimum Gasteiger partial charge on any atom is -0.497 e. The number of amides is 3. The van der Waals surface area contributed by atoms with E-state index in [1.807, 2.05) is 19.9 Å². The molecule has 0 aromatic heterocycles. The molecule has 7 nitrogen and oxygen atoms in total. The molecule has 0 radical (unpaired) electrons. The van der Waals surface area contributed by atoms with Crippen molar-refractivity contribution in [1.82, 2.24) is 0 Å². The average Bonchev–Trinajstić information content (AvgIpc) is 3.04. The molecular formula is C26H22ClN3O4. The molecule has 0 atom stereocenters. The van der Waals surface area contributed by atoms with Crippen molar-refractivity contribution in [2.75, 3.05) is 22.6 Å². The Balaban J connectivity index is 1.52. The fourth-order valence-electron chi connectivity index (χ4n) is 3.47. The molecule has 34 heavy (non-hydrogen) atoms. The first-order valence-electron chi connectivity index (χ1n) is 10.5. The Labute approximate surface area is 202 Å². The molecule has 3 aromatic rings. The number of anilines is 3. The monoisotopic (exact) mass is 475 g/mol. The minimum atomic E-state index is -0.606. The molecule has 0 aliphatic carbocycles. The lowest BCUT2D eigenvalue weighted by molar-refractivity contribution is -0.120. The molecule has 0 saturated carbocycles. The molecule has 0 saturated heterocycles. The van der Waals surface area contributed by atoms with Crippen molar-refractivity contribution in [3.05, 3.63) is 94.1 Å². The van der Waals surface area contributed by atoms with Gasteiger partial charge in [-0.3, -0.25) is 14.4 Å². The van der Waals surface area contributed by atoms with E-state index in [1.54, 1.807) is 67.8 Å². The van der Waals surface area contributed by atoms with E-state index in [-0.39, 0.29) is 16.6 Å². The summed E-state index contributed by atoms with van der Waals surface area (Å²) < 4.78 is 5.12. The molecule has 8 heteroatoms. The molecule has 4 rings (SSSR count). The van der Waals surface area contributed by atoms with Gasteiger partial charge in [-0.25, -0.2) is 4.90 Å². The highest BCUT2D eigenvalue weighted by Gasteiger charge is 2.39. The van der Waals surface area contributed by atoms with Crippen LogP contribution in [0.25, 0.3) is 0 Å². The van der Waals surface area contributed by atoms with E-state index in [4.69, 9.17) is 16.3 Å². The Bertz CT molecular complexity index is 1330. The van der Waals surface area contributed by atoms with Crippen molar-refractivity contribution in [1.29, 1.82) is 0 Å². The van der Waals surface area contributed by atoms with Crippen molar-refractivity contribution in [2.24, 2.45) is 0 Å². The normalized spacial score (nSPS) is 13.4. The summed E-state index contributed by atoms with van der Waals surface area (Å²) >= 11 is 6.24. The number of carbonyl (C=O) groups excluding carboxylic acids is 3. The molecule has 1 heterocycles. The number of methoxy groups -OCH3 is 1. The Morgan fingerprint density at radius 2 is 1.62 bits per heavy atom. The van der Waals surface area contributed by atoms with Gasteiger partial charge in [-0.05, 0) is 79.6 Å². The Kier molecular flexibility index (Phi) is 6.38. The van der Waals surface area contributed by atoms with Gasteiger partial charge in [0.15, 0.2) is 0 Å². The third-order valence-electron chi connectivity index (χ3n) is 5.52. The van der Waals surface area contributed by atoms with Gasteiger partial charge in [0, 0.05) is 16.9 Å². The van der Waals surface area contributed by atoms with Crippen LogP contribution in [0.2, 0.25) is 0 Å². The number of nitrogens with zero attached hydrogens (tertiary/aromatic N) is 1. The van der Waals surface area contributed by atoms with E-state index in [9.17, 15) is 14.4 Å². The van der Waals surface area contributed by atoms with Gasteiger partial charge in [0.1, 0.15) is 16.5 Å². The third-order valence-corrected chi connectivity index (χ3v) is 5.87. The second-order valence-corrected chi connectivity index (χ2v) is 8.17. The van der Waals surface area contributed by atoms with Gasteiger partial charge in [-0.15, -0.1) is 0 Å². The fourth-order valence-corrected chi connectivity index (χ4v) is 3.68. The van der Waals surface area contributed by atoms with Crippen LogP contribution in [0.4, 0.5) is 17.1 Å². The first-order valence-corrected chi connectivity index (χ1v) is 10.8. The summed E-state index contributed by atoms with van der Waals surface area (Å²) in [4.78, 5) is 39.5. The Morgan fingerprint density at radius 1 is 0.882 bits per heavy atom. The number of benzene rings is 3. The van der Waals surface area contributed by atoms with Crippen LogP contribution in [0.1, 0.15) is 21.5 Å². The van der Waals surface area contributed by atoms with Crippen molar-refractivity contribution < 1.29 is 19.1 Å². The number of carbonyl (C=O) groups is 3. The predicted molar refractivity (Wildman–Crippen MR) is 132 cm³/mol. The maximum atomic E-state index is 13.1. The van der Waals surface area contributed by atoms with Crippen LogP contribution in [-0.4, -0.2) is 24.8 Å². The highest BCUT2D eigenvalue weighted by molar-refractivity contribution is 6.53. The molecule has 1 aliphatic heterocycles. The molecule has 172 valence electrons. The average molecular weight is 476 g/mol. The molecule has 0 spiro atoms. The molecule has 3 amide bonds. The van der Waals surface area contributed by atoms with E-state index in [1.165, 1.54) is 0 Å². The summed E-state index contributed by atoms with van der Waals surface area (Å²) in [7, 11) is 1.57. The van der Waals surface area contributed by atoms with Crippen LogP contribution >= 0.6 is 11.6 Å². The minimum absolute atomic E-state index is 0.0439. The van der Waals surface area contributed by atoms with Gasteiger partial charge in [-0.1, -0.05) is 23.7 Å². The molecular weight excluding hydrogens is 454 g/mol. The number of aryl methyl sites for hydroxylation is 2. The van der Waals surface area contributed by atoms with Crippen LogP contribution in [0.5, 0.6) is 5.75 Å². The van der Waals surface area contributed by atoms with Crippen molar-refractivity contribution in [3.63, 3.8) is 0 Å². The zero-order valence-corrected chi connectivity index (χ0v) is 19.6. The van der Waals surface area contributed by atoms with Gasteiger partial charge in [0.05, 0.1) is 12.8 Å². The zero-order valence-electron chi connectivity index (χ0n) is 18.8. The first-order chi connectivity index (χ1) is 16.3. The highest BCUT2D eigenvalue weighted by Crippen LogP contribution is 2.31.